The van der Waals surface area contributed by atoms with Crippen LogP contribution in [0.15, 0.2) is 0 Å². The molecule has 152 valence electrons. The molecule has 10 nitrogen and oxygen atoms in total. The van der Waals surface area contributed by atoms with Crippen LogP contribution in [-0.4, -0.2) is 105 Å². The minimum atomic E-state index is -1.65. The predicted octanol–water partition coefficient (Wildman–Crippen LogP) is -3.09. The van der Waals surface area contributed by atoms with Crippen molar-refractivity contribution in [2.24, 2.45) is 5.92 Å². The van der Waals surface area contributed by atoms with E-state index < -0.39 is 74.3 Å². The molecule has 0 aliphatic carbocycles. The Bertz CT molecular complexity index is 472. The van der Waals surface area contributed by atoms with Crippen LogP contribution < -0.4 is 0 Å². The topological polar surface area (TPSA) is 166 Å². The SMILES string of the molecule is CC(=O)CC1C(C)OC(CO)C(OC2OC(CO)C(O)C(O)C2O)C1O. The fraction of sp³-hybridized carbons (Fsp3) is 0.938. The minimum Gasteiger partial charge on any atom is -0.394 e. The first kappa shape index (κ1) is 21.6. The number of Topliss-reactive ketones (excluding diaryl/α,β-unsaturated/α-hetero) is 1. The van der Waals surface area contributed by atoms with Crippen LogP contribution in [0.5, 0.6) is 0 Å². The molecular formula is C16H28O10. The van der Waals surface area contributed by atoms with Gasteiger partial charge in [-0.3, -0.25) is 0 Å². The van der Waals surface area contributed by atoms with Crippen molar-refractivity contribution in [1.82, 2.24) is 0 Å². The van der Waals surface area contributed by atoms with Gasteiger partial charge in [0.1, 0.15) is 42.4 Å². The minimum absolute atomic E-state index is 0.0367. The second-order valence-corrected chi connectivity index (χ2v) is 6.92. The highest BCUT2D eigenvalue weighted by Crippen LogP contribution is 2.33. The van der Waals surface area contributed by atoms with Crippen LogP contribution in [0.3, 0.4) is 0 Å². The summed E-state index contributed by atoms with van der Waals surface area (Å²) in [6.45, 7) is 1.94. The van der Waals surface area contributed by atoms with E-state index in [1.165, 1.54) is 6.92 Å². The van der Waals surface area contributed by atoms with E-state index in [-0.39, 0.29) is 12.2 Å². The smallest absolute Gasteiger partial charge is 0.187 e. The number of ketones is 1. The molecule has 0 bridgehead atoms. The van der Waals surface area contributed by atoms with Crippen LogP contribution in [0.4, 0.5) is 0 Å². The van der Waals surface area contributed by atoms with Gasteiger partial charge in [0.2, 0.25) is 0 Å². The maximum absolute atomic E-state index is 11.5. The highest BCUT2D eigenvalue weighted by molar-refractivity contribution is 5.75. The molecule has 2 fully saturated rings. The average molecular weight is 380 g/mol. The third kappa shape index (κ3) is 4.41. The first-order valence-corrected chi connectivity index (χ1v) is 8.61. The van der Waals surface area contributed by atoms with Gasteiger partial charge in [0.05, 0.1) is 25.4 Å². The van der Waals surface area contributed by atoms with Gasteiger partial charge in [0.15, 0.2) is 6.29 Å². The van der Waals surface area contributed by atoms with Gasteiger partial charge in [-0.2, -0.15) is 0 Å². The lowest BCUT2D eigenvalue weighted by Gasteiger charge is -2.46. The summed E-state index contributed by atoms with van der Waals surface area (Å²) in [6, 6.07) is 0. The van der Waals surface area contributed by atoms with Gasteiger partial charge in [-0.05, 0) is 13.8 Å². The van der Waals surface area contributed by atoms with Crippen molar-refractivity contribution in [3.63, 3.8) is 0 Å². The lowest BCUT2D eigenvalue weighted by atomic mass is 9.84. The lowest BCUT2D eigenvalue weighted by Crippen LogP contribution is -2.63. The summed E-state index contributed by atoms with van der Waals surface area (Å²) < 4.78 is 16.5. The molecule has 10 unspecified atom stereocenters. The zero-order chi connectivity index (χ0) is 19.6. The van der Waals surface area contributed by atoms with E-state index in [0.29, 0.717) is 0 Å². The van der Waals surface area contributed by atoms with Crippen LogP contribution in [0.1, 0.15) is 20.3 Å². The van der Waals surface area contributed by atoms with Gasteiger partial charge in [0.25, 0.3) is 0 Å². The highest BCUT2D eigenvalue weighted by atomic mass is 16.7. The largest absolute Gasteiger partial charge is 0.394 e. The summed E-state index contributed by atoms with van der Waals surface area (Å²) >= 11 is 0. The molecular weight excluding hydrogens is 352 g/mol. The third-order valence-electron chi connectivity index (χ3n) is 4.98. The zero-order valence-corrected chi connectivity index (χ0v) is 14.7. The molecule has 2 aliphatic rings. The van der Waals surface area contributed by atoms with E-state index in [2.05, 4.69) is 0 Å². The van der Waals surface area contributed by atoms with E-state index in [1.807, 2.05) is 0 Å². The maximum Gasteiger partial charge on any atom is 0.187 e. The van der Waals surface area contributed by atoms with Crippen LogP contribution in [0.2, 0.25) is 0 Å². The van der Waals surface area contributed by atoms with E-state index in [4.69, 9.17) is 14.2 Å². The van der Waals surface area contributed by atoms with Crippen molar-refractivity contribution in [1.29, 1.82) is 0 Å². The van der Waals surface area contributed by atoms with Gasteiger partial charge in [-0.1, -0.05) is 0 Å². The number of hydrogen-bond donors (Lipinski definition) is 6. The van der Waals surface area contributed by atoms with Crippen molar-refractivity contribution in [3.05, 3.63) is 0 Å². The molecule has 2 heterocycles. The Morgan fingerprint density at radius 2 is 1.54 bits per heavy atom. The summed E-state index contributed by atoms with van der Waals surface area (Å²) in [5.41, 5.74) is 0. The van der Waals surface area contributed by atoms with Crippen molar-refractivity contribution in [2.75, 3.05) is 13.2 Å². The molecule has 0 aromatic carbocycles. The Morgan fingerprint density at radius 3 is 2.08 bits per heavy atom. The predicted molar refractivity (Wildman–Crippen MR) is 84.9 cm³/mol. The number of aliphatic hydroxyl groups excluding tert-OH is 6. The van der Waals surface area contributed by atoms with Crippen LogP contribution in [0.25, 0.3) is 0 Å². The fourth-order valence-corrected chi connectivity index (χ4v) is 3.46. The molecule has 0 aromatic heterocycles. The first-order chi connectivity index (χ1) is 12.2. The number of hydrogen-bond acceptors (Lipinski definition) is 10. The average Bonchev–Trinajstić information content (AvgIpc) is 2.60. The Labute approximate surface area is 150 Å². The van der Waals surface area contributed by atoms with Crippen LogP contribution >= 0.6 is 0 Å². The number of carbonyl (C=O) groups is 1. The molecule has 6 N–H and O–H groups in total. The van der Waals surface area contributed by atoms with E-state index >= 15 is 0 Å². The summed E-state index contributed by atoms with van der Waals surface area (Å²) in [6.07, 6.45) is -11.2. The highest BCUT2D eigenvalue weighted by Gasteiger charge is 2.49. The molecule has 10 atom stereocenters. The summed E-state index contributed by atoms with van der Waals surface area (Å²) in [7, 11) is 0. The van der Waals surface area contributed by atoms with Gasteiger partial charge >= 0.3 is 0 Å². The van der Waals surface area contributed by atoms with E-state index in [1.54, 1.807) is 6.92 Å². The van der Waals surface area contributed by atoms with Gasteiger partial charge < -0.3 is 49.6 Å². The zero-order valence-electron chi connectivity index (χ0n) is 14.7. The number of rotatable bonds is 6. The Kier molecular flexibility index (Phi) is 7.48. The molecule has 2 rings (SSSR count). The number of carbonyl (C=O) groups excluding carboxylic acids is 1. The molecule has 0 aromatic rings. The molecule has 2 aliphatic heterocycles. The first-order valence-electron chi connectivity index (χ1n) is 8.61. The monoisotopic (exact) mass is 380 g/mol. The molecule has 0 amide bonds. The normalized spacial score (nSPS) is 46.9. The standard InChI is InChI=1S/C16H28O10/c1-6(19)3-8-7(2)24-10(5-18)15(11(8)20)26-16-14(23)13(22)12(21)9(4-17)25-16/h7-18,20-23H,3-5H2,1-2H3. The van der Waals surface area contributed by atoms with Gasteiger partial charge in [0, 0.05) is 12.3 Å². The van der Waals surface area contributed by atoms with Crippen molar-refractivity contribution < 1.29 is 49.6 Å². The van der Waals surface area contributed by atoms with E-state index in [0.717, 1.165) is 0 Å². The molecule has 2 saturated heterocycles. The summed E-state index contributed by atoms with van der Waals surface area (Å²) in [4.78, 5) is 11.5. The van der Waals surface area contributed by atoms with Crippen LogP contribution in [-0.2, 0) is 19.0 Å². The van der Waals surface area contributed by atoms with Crippen molar-refractivity contribution in [2.45, 2.75) is 75.4 Å². The lowest BCUT2D eigenvalue weighted by molar-refractivity contribution is -0.338. The molecule has 0 saturated carbocycles. The molecule has 0 radical (unpaired) electrons. The second-order valence-electron chi connectivity index (χ2n) is 6.92. The van der Waals surface area contributed by atoms with Gasteiger partial charge in [-0.15, -0.1) is 0 Å². The Morgan fingerprint density at radius 1 is 0.923 bits per heavy atom. The fourth-order valence-electron chi connectivity index (χ4n) is 3.46. The second kappa shape index (κ2) is 9.00. The van der Waals surface area contributed by atoms with Crippen molar-refractivity contribution >= 4 is 5.78 Å². The number of aliphatic hydroxyl groups is 6. The quantitative estimate of drug-likeness (QED) is 0.278. The number of ether oxygens (including phenoxy) is 3. The third-order valence-corrected chi connectivity index (χ3v) is 4.98. The van der Waals surface area contributed by atoms with Gasteiger partial charge in [-0.25, -0.2) is 0 Å². The molecule has 0 spiro atoms. The molecule has 10 heteroatoms. The Hall–Kier alpha value is -0.690. The van der Waals surface area contributed by atoms with E-state index in [9.17, 15) is 35.4 Å². The maximum atomic E-state index is 11.5. The Balaban J connectivity index is 2.16. The van der Waals surface area contributed by atoms with Crippen molar-refractivity contribution in [3.8, 4) is 0 Å². The summed E-state index contributed by atoms with van der Waals surface area (Å²) in [5, 5.41) is 59.1. The molecule has 26 heavy (non-hydrogen) atoms. The van der Waals surface area contributed by atoms with Crippen LogP contribution in [0, 0.1) is 5.92 Å². The summed E-state index contributed by atoms with van der Waals surface area (Å²) in [5.74, 6) is -0.747.